The molecule has 2 unspecified atom stereocenters. The molecule has 0 aromatic rings. The number of aliphatic carboxylic acids is 1. The summed E-state index contributed by atoms with van der Waals surface area (Å²) in [6.07, 6.45) is 18.1. The van der Waals surface area contributed by atoms with Gasteiger partial charge >= 0.3 is 11.9 Å². The maximum absolute atomic E-state index is 11.9. The number of carbonyl (C=O) groups excluding carboxylic acids is 2. The van der Waals surface area contributed by atoms with Gasteiger partial charge in [-0.3, -0.25) is 18.9 Å². The number of allylic oxidation sites excluding steroid dienone is 2. The molecule has 0 spiro atoms. The fourth-order valence-electron chi connectivity index (χ4n) is 3.49. The zero-order chi connectivity index (χ0) is 26.5. The van der Waals surface area contributed by atoms with E-state index < -0.39 is 39.8 Å². The maximum atomic E-state index is 11.9. The van der Waals surface area contributed by atoms with E-state index in [1.807, 2.05) is 0 Å². The van der Waals surface area contributed by atoms with Crippen LogP contribution in [0, 0.1) is 0 Å². The topological polar surface area (TPSA) is 147 Å². The van der Waals surface area contributed by atoms with Crippen LogP contribution >= 0.6 is 0 Å². The van der Waals surface area contributed by atoms with Crippen LogP contribution in [-0.4, -0.2) is 53.8 Å². The van der Waals surface area contributed by atoms with Gasteiger partial charge in [0.1, 0.15) is 6.10 Å². The number of amides is 1. The van der Waals surface area contributed by atoms with E-state index in [2.05, 4.69) is 24.4 Å². The molecule has 3 N–H and O–H groups in total. The Morgan fingerprint density at radius 3 is 1.91 bits per heavy atom. The Hall–Kier alpha value is -1.94. The molecule has 35 heavy (non-hydrogen) atoms. The second kappa shape index (κ2) is 20.3. The summed E-state index contributed by atoms with van der Waals surface area (Å²) < 4.78 is 36.3. The second-order valence-electron chi connectivity index (χ2n) is 8.99. The highest BCUT2D eigenvalue weighted by Crippen LogP contribution is 2.11. The number of carboxylic acids is 1. The lowest BCUT2D eigenvalue weighted by molar-refractivity contribution is -0.151. The number of hydrogen-bond donors (Lipinski definition) is 3. The zero-order valence-electron chi connectivity index (χ0n) is 21.4. The van der Waals surface area contributed by atoms with Crippen molar-refractivity contribution in [1.29, 1.82) is 0 Å². The predicted molar refractivity (Wildman–Crippen MR) is 136 cm³/mol. The third-order valence-electron chi connectivity index (χ3n) is 5.55. The Labute approximate surface area is 210 Å². The Bertz CT molecular complexity index is 736. The Morgan fingerprint density at radius 1 is 0.886 bits per heavy atom. The van der Waals surface area contributed by atoms with Gasteiger partial charge in [-0.25, -0.2) is 0 Å². The molecule has 0 fully saturated rings. The summed E-state index contributed by atoms with van der Waals surface area (Å²) in [5.74, 6) is -3.14. The lowest BCUT2D eigenvalue weighted by Gasteiger charge is -2.17. The summed E-state index contributed by atoms with van der Waals surface area (Å²) in [6.45, 7) is 3.62. The van der Waals surface area contributed by atoms with Crippen LogP contribution in [0.2, 0.25) is 0 Å². The van der Waals surface area contributed by atoms with Crippen LogP contribution in [0.1, 0.15) is 110 Å². The smallest absolute Gasteiger partial charge is 0.327 e. The first kappa shape index (κ1) is 33.1. The molecule has 0 heterocycles. The molecule has 204 valence electrons. The number of rotatable bonds is 22. The molecular formula is C25H45NO8S. The number of unbranched alkanes of at least 4 members (excludes halogenated alkanes) is 11. The van der Waals surface area contributed by atoms with Crippen molar-refractivity contribution >= 4 is 28.0 Å². The molecule has 0 rings (SSSR count). The van der Waals surface area contributed by atoms with E-state index in [1.54, 1.807) is 0 Å². The summed E-state index contributed by atoms with van der Waals surface area (Å²) in [6, 6.07) is 0. The first-order valence-electron chi connectivity index (χ1n) is 12.9. The summed E-state index contributed by atoms with van der Waals surface area (Å²) in [5.41, 5.74) is 0. The highest BCUT2D eigenvalue weighted by atomic mass is 32.2. The van der Waals surface area contributed by atoms with Crippen LogP contribution in [0.15, 0.2) is 12.2 Å². The molecule has 0 aliphatic carbocycles. The highest BCUT2D eigenvalue weighted by Gasteiger charge is 2.35. The van der Waals surface area contributed by atoms with Gasteiger partial charge in [0.25, 0.3) is 10.1 Å². The van der Waals surface area contributed by atoms with Gasteiger partial charge in [-0.05, 0) is 39.0 Å². The van der Waals surface area contributed by atoms with Crippen LogP contribution in [0.3, 0.4) is 0 Å². The molecule has 0 saturated carbocycles. The van der Waals surface area contributed by atoms with Gasteiger partial charge in [-0.2, -0.15) is 8.42 Å². The predicted octanol–water partition coefficient (Wildman–Crippen LogP) is 4.80. The van der Waals surface area contributed by atoms with Gasteiger partial charge in [-0.15, -0.1) is 0 Å². The Balaban J connectivity index is 3.80. The van der Waals surface area contributed by atoms with Gasteiger partial charge in [0.05, 0.1) is 13.0 Å². The van der Waals surface area contributed by atoms with Crippen molar-refractivity contribution in [1.82, 2.24) is 5.32 Å². The average Bonchev–Trinajstić information content (AvgIpc) is 2.77. The Kier molecular flexibility index (Phi) is 19.1. The molecule has 2 atom stereocenters. The third kappa shape index (κ3) is 20.0. The minimum atomic E-state index is -4.92. The first-order chi connectivity index (χ1) is 16.6. The van der Waals surface area contributed by atoms with Crippen molar-refractivity contribution in [2.24, 2.45) is 0 Å². The van der Waals surface area contributed by atoms with E-state index in [1.165, 1.54) is 51.9 Å². The zero-order valence-corrected chi connectivity index (χ0v) is 22.2. The van der Waals surface area contributed by atoms with Crippen LogP contribution in [0.5, 0.6) is 0 Å². The van der Waals surface area contributed by atoms with Crippen LogP contribution in [0.25, 0.3) is 0 Å². The van der Waals surface area contributed by atoms with Crippen molar-refractivity contribution in [3.63, 3.8) is 0 Å². The van der Waals surface area contributed by atoms with Gasteiger partial charge < -0.3 is 15.2 Å². The summed E-state index contributed by atoms with van der Waals surface area (Å²) in [7, 11) is -4.92. The molecule has 10 heteroatoms. The minimum Gasteiger partial charge on any atom is -0.481 e. The normalized spacial score (nSPS) is 13.5. The fraction of sp³-hybridized carbons (Fsp3) is 0.800. The number of hydrogen-bond acceptors (Lipinski definition) is 6. The second-order valence-corrected chi connectivity index (χ2v) is 10.6. The average molecular weight is 520 g/mol. The molecule has 0 aliphatic heterocycles. The number of carboxylic acid groups (broad SMARTS) is 1. The molecular weight excluding hydrogens is 474 g/mol. The lowest BCUT2D eigenvalue weighted by Crippen LogP contribution is -2.39. The van der Waals surface area contributed by atoms with E-state index in [0.717, 1.165) is 38.5 Å². The van der Waals surface area contributed by atoms with Gasteiger partial charge in [0.2, 0.25) is 5.91 Å². The molecule has 0 aromatic carbocycles. The molecule has 0 radical (unpaired) electrons. The van der Waals surface area contributed by atoms with Crippen LogP contribution in [-0.2, 0) is 29.2 Å². The molecule has 9 nitrogen and oxygen atoms in total. The molecule has 0 aromatic heterocycles. The molecule has 1 amide bonds. The summed E-state index contributed by atoms with van der Waals surface area (Å²) in [4.78, 5) is 34.5. The molecule has 0 saturated heterocycles. The highest BCUT2D eigenvalue weighted by molar-refractivity contribution is 7.87. The maximum Gasteiger partial charge on any atom is 0.327 e. The minimum absolute atomic E-state index is 0.0408. The van der Waals surface area contributed by atoms with E-state index in [0.29, 0.717) is 6.42 Å². The van der Waals surface area contributed by atoms with Gasteiger partial charge in [0.15, 0.2) is 5.25 Å². The van der Waals surface area contributed by atoms with Crippen molar-refractivity contribution in [2.75, 3.05) is 6.54 Å². The van der Waals surface area contributed by atoms with E-state index >= 15 is 0 Å². The lowest BCUT2D eigenvalue weighted by atomic mass is 10.1. The summed E-state index contributed by atoms with van der Waals surface area (Å²) in [5, 5.41) is 9.10. The SMILES string of the molecule is CCCCCCCCC=CCCCCCCCC(=O)NCC(C)OC(=O)C(CC(=O)O)S(=O)(=O)O. The van der Waals surface area contributed by atoms with Crippen molar-refractivity contribution in [3.8, 4) is 0 Å². The Morgan fingerprint density at radius 2 is 1.40 bits per heavy atom. The number of carbonyl (C=O) groups is 3. The summed E-state index contributed by atoms with van der Waals surface area (Å²) >= 11 is 0. The standard InChI is InChI=1S/C25H45NO8S/c1-3-4-5-6-7-8-9-10-11-12-13-14-15-16-17-18-23(27)26-20-21(2)34-25(30)22(19-24(28)29)35(31,32)33/h10-11,21-22H,3-9,12-20H2,1-2H3,(H,26,27)(H,28,29)(H,31,32,33). The van der Waals surface area contributed by atoms with Crippen molar-refractivity contribution < 1.29 is 37.2 Å². The van der Waals surface area contributed by atoms with Gasteiger partial charge in [-0.1, -0.05) is 70.4 Å². The first-order valence-corrected chi connectivity index (χ1v) is 14.4. The largest absolute Gasteiger partial charge is 0.481 e. The van der Waals surface area contributed by atoms with Crippen molar-refractivity contribution in [2.45, 2.75) is 122 Å². The molecule has 0 aliphatic rings. The molecule has 0 bridgehead atoms. The van der Waals surface area contributed by atoms with Gasteiger partial charge in [0, 0.05) is 6.42 Å². The third-order valence-corrected chi connectivity index (χ3v) is 6.63. The quantitative estimate of drug-likeness (QED) is 0.0799. The number of ether oxygens (including phenoxy) is 1. The number of esters is 1. The van der Waals surface area contributed by atoms with Crippen LogP contribution < -0.4 is 5.32 Å². The van der Waals surface area contributed by atoms with E-state index in [9.17, 15) is 22.8 Å². The monoisotopic (exact) mass is 519 g/mol. The van der Waals surface area contributed by atoms with Crippen LogP contribution in [0.4, 0.5) is 0 Å². The van der Waals surface area contributed by atoms with Crippen molar-refractivity contribution in [3.05, 3.63) is 12.2 Å². The number of nitrogens with one attached hydrogen (secondary N) is 1. The fourth-order valence-corrected chi connectivity index (χ4v) is 4.14. The van der Waals surface area contributed by atoms with E-state index in [4.69, 9.17) is 14.4 Å². The van der Waals surface area contributed by atoms with E-state index in [-0.39, 0.29) is 12.5 Å².